The predicted molar refractivity (Wildman–Crippen MR) is 110 cm³/mol. The number of ketones is 1. The summed E-state index contributed by atoms with van der Waals surface area (Å²) in [5.41, 5.74) is 2.49. The summed E-state index contributed by atoms with van der Waals surface area (Å²) in [6.45, 7) is 0.438. The van der Waals surface area contributed by atoms with Crippen molar-refractivity contribution in [3.8, 4) is 17.2 Å². The Morgan fingerprint density at radius 2 is 1.68 bits per heavy atom. The van der Waals surface area contributed by atoms with E-state index in [1.165, 1.54) is 6.08 Å². The first-order chi connectivity index (χ1) is 13.7. The van der Waals surface area contributed by atoms with Crippen molar-refractivity contribution in [3.63, 3.8) is 0 Å². The van der Waals surface area contributed by atoms with Crippen LogP contribution < -0.4 is 14.2 Å². The molecule has 4 heteroatoms. The van der Waals surface area contributed by atoms with Gasteiger partial charge in [-0.25, -0.2) is 0 Å². The smallest absolute Gasteiger partial charge is 0.185 e. The van der Waals surface area contributed by atoms with Gasteiger partial charge in [0, 0.05) is 5.56 Å². The van der Waals surface area contributed by atoms with Crippen molar-refractivity contribution in [2.75, 3.05) is 14.2 Å². The first-order valence-corrected chi connectivity index (χ1v) is 8.91. The van der Waals surface area contributed by atoms with E-state index >= 15 is 0 Å². The van der Waals surface area contributed by atoms with Crippen LogP contribution in [0.1, 0.15) is 21.5 Å². The van der Waals surface area contributed by atoms with Crippen molar-refractivity contribution < 1.29 is 19.0 Å². The molecule has 0 aliphatic heterocycles. The molecule has 0 bridgehead atoms. The molecule has 0 saturated carbocycles. The van der Waals surface area contributed by atoms with Crippen molar-refractivity contribution in [1.82, 2.24) is 0 Å². The first kappa shape index (κ1) is 19.2. The summed E-state index contributed by atoms with van der Waals surface area (Å²) in [5.74, 6) is 1.83. The molecule has 0 heterocycles. The molecule has 0 aliphatic rings. The Labute approximate surface area is 165 Å². The molecule has 3 aromatic carbocycles. The third-order valence-electron chi connectivity index (χ3n) is 4.21. The lowest BCUT2D eigenvalue weighted by Crippen LogP contribution is -1.98. The van der Waals surface area contributed by atoms with Crippen LogP contribution in [0, 0.1) is 0 Å². The number of benzene rings is 3. The topological polar surface area (TPSA) is 44.8 Å². The number of hydrogen-bond donors (Lipinski definition) is 0. The van der Waals surface area contributed by atoms with Crippen LogP contribution in [0.3, 0.4) is 0 Å². The lowest BCUT2D eigenvalue weighted by Gasteiger charge is -2.11. The lowest BCUT2D eigenvalue weighted by molar-refractivity contribution is 0.104. The minimum atomic E-state index is -0.0959. The van der Waals surface area contributed by atoms with Gasteiger partial charge in [0.25, 0.3) is 0 Å². The van der Waals surface area contributed by atoms with E-state index in [2.05, 4.69) is 0 Å². The summed E-state index contributed by atoms with van der Waals surface area (Å²) in [7, 11) is 3.18. The highest BCUT2D eigenvalue weighted by atomic mass is 16.5. The molecule has 3 aromatic rings. The van der Waals surface area contributed by atoms with E-state index in [0.717, 1.165) is 11.1 Å². The van der Waals surface area contributed by atoms with E-state index in [-0.39, 0.29) is 5.78 Å². The largest absolute Gasteiger partial charge is 0.497 e. The van der Waals surface area contributed by atoms with Gasteiger partial charge in [-0.3, -0.25) is 4.79 Å². The molecule has 0 spiro atoms. The second kappa shape index (κ2) is 9.42. The van der Waals surface area contributed by atoms with Crippen LogP contribution in [0.4, 0.5) is 0 Å². The predicted octanol–water partition coefficient (Wildman–Crippen LogP) is 5.18. The quantitative estimate of drug-likeness (QED) is 0.403. The Morgan fingerprint density at radius 3 is 2.43 bits per heavy atom. The second-order valence-corrected chi connectivity index (χ2v) is 6.11. The number of carbonyl (C=O) groups excluding carboxylic acids is 1. The number of rotatable bonds is 8. The molecule has 3 rings (SSSR count). The van der Waals surface area contributed by atoms with Gasteiger partial charge < -0.3 is 14.2 Å². The zero-order valence-electron chi connectivity index (χ0n) is 15.9. The highest BCUT2D eigenvalue weighted by molar-refractivity contribution is 6.07. The number of allylic oxidation sites excluding steroid dienone is 1. The molecule has 0 unspecified atom stereocenters. The SMILES string of the molecule is COc1cccc(C(=O)/C=C/c2ccc(OC)c(OCc3ccccc3)c2)c1. The molecular weight excluding hydrogens is 352 g/mol. The highest BCUT2D eigenvalue weighted by Crippen LogP contribution is 2.29. The third kappa shape index (κ3) is 5.01. The van der Waals surface area contributed by atoms with Gasteiger partial charge in [0.05, 0.1) is 14.2 Å². The lowest BCUT2D eigenvalue weighted by atomic mass is 10.1. The molecule has 0 fully saturated rings. The maximum atomic E-state index is 12.4. The van der Waals surface area contributed by atoms with E-state index in [0.29, 0.717) is 29.4 Å². The Hall–Kier alpha value is -3.53. The van der Waals surface area contributed by atoms with Crippen molar-refractivity contribution in [3.05, 3.63) is 95.6 Å². The van der Waals surface area contributed by atoms with Crippen LogP contribution in [0.5, 0.6) is 17.2 Å². The number of hydrogen-bond acceptors (Lipinski definition) is 4. The summed E-state index contributed by atoms with van der Waals surface area (Å²) >= 11 is 0. The van der Waals surface area contributed by atoms with E-state index in [4.69, 9.17) is 14.2 Å². The molecule has 4 nitrogen and oxygen atoms in total. The van der Waals surface area contributed by atoms with Crippen molar-refractivity contribution in [1.29, 1.82) is 0 Å². The van der Waals surface area contributed by atoms with Crippen LogP contribution >= 0.6 is 0 Å². The van der Waals surface area contributed by atoms with Gasteiger partial charge in [-0.05, 0) is 41.5 Å². The minimum absolute atomic E-state index is 0.0959. The average molecular weight is 374 g/mol. The zero-order valence-corrected chi connectivity index (χ0v) is 15.9. The summed E-state index contributed by atoms with van der Waals surface area (Å²) in [5, 5.41) is 0. The van der Waals surface area contributed by atoms with Gasteiger partial charge in [0.15, 0.2) is 17.3 Å². The molecule has 142 valence electrons. The van der Waals surface area contributed by atoms with E-state index in [1.807, 2.05) is 48.5 Å². The van der Waals surface area contributed by atoms with Gasteiger partial charge in [-0.15, -0.1) is 0 Å². The summed E-state index contributed by atoms with van der Waals surface area (Å²) in [6.07, 6.45) is 3.30. The third-order valence-corrected chi connectivity index (χ3v) is 4.21. The molecule has 0 atom stereocenters. The maximum absolute atomic E-state index is 12.4. The Kier molecular flexibility index (Phi) is 6.47. The highest BCUT2D eigenvalue weighted by Gasteiger charge is 2.07. The molecule has 28 heavy (non-hydrogen) atoms. The first-order valence-electron chi connectivity index (χ1n) is 8.91. The van der Waals surface area contributed by atoms with Gasteiger partial charge in [-0.1, -0.05) is 54.6 Å². The molecular formula is C24H22O4. The van der Waals surface area contributed by atoms with Crippen molar-refractivity contribution >= 4 is 11.9 Å². The monoisotopic (exact) mass is 374 g/mol. The van der Waals surface area contributed by atoms with Gasteiger partial charge >= 0.3 is 0 Å². The Bertz CT molecular complexity index is 961. The van der Waals surface area contributed by atoms with Crippen LogP contribution in [0.15, 0.2) is 78.9 Å². The van der Waals surface area contributed by atoms with Gasteiger partial charge in [-0.2, -0.15) is 0 Å². The van der Waals surface area contributed by atoms with E-state index in [9.17, 15) is 4.79 Å². The summed E-state index contributed by atoms with van der Waals surface area (Å²) in [4.78, 5) is 12.4. The maximum Gasteiger partial charge on any atom is 0.185 e. The van der Waals surface area contributed by atoms with Crippen molar-refractivity contribution in [2.45, 2.75) is 6.61 Å². The van der Waals surface area contributed by atoms with Crippen LogP contribution in [0.25, 0.3) is 6.08 Å². The van der Waals surface area contributed by atoms with Crippen molar-refractivity contribution in [2.24, 2.45) is 0 Å². The molecule has 0 N–H and O–H groups in total. The van der Waals surface area contributed by atoms with Crippen LogP contribution in [-0.4, -0.2) is 20.0 Å². The molecule has 0 aromatic heterocycles. The molecule has 0 radical (unpaired) electrons. The molecule has 0 amide bonds. The fourth-order valence-electron chi connectivity index (χ4n) is 2.69. The standard InChI is InChI=1S/C24H22O4/c1-26-21-10-6-9-20(16-21)22(25)13-11-18-12-14-23(27-2)24(15-18)28-17-19-7-4-3-5-8-19/h3-16H,17H2,1-2H3/b13-11+. The van der Waals surface area contributed by atoms with Gasteiger partial charge in [0.2, 0.25) is 0 Å². The Balaban J connectivity index is 1.74. The number of methoxy groups -OCH3 is 2. The molecule has 0 saturated heterocycles. The average Bonchev–Trinajstić information content (AvgIpc) is 2.76. The number of carbonyl (C=O) groups is 1. The zero-order chi connectivity index (χ0) is 19.8. The summed E-state index contributed by atoms with van der Waals surface area (Å²) < 4.78 is 16.5. The fourth-order valence-corrected chi connectivity index (χ4v) is 2.69. The fraction of sp³-hybridized carbons (Fsp3) is 0.125. The second-order valence-electron chi connectivity index (χ2n) is 6.11. The summed E-state index contributed by atoms with van der Waals surface area (Å²) in [6, 6.07) is 22.6. The Morgan fingerprint density at radius 1 is 0.857 bits per heavy atom. The van der Waals surface area contributed by atoms with Gasteiger partial charge in [0.1, 0.15) is 12.4 Å². The molecule has 0 aliphatic carbocycles. The van der Waals surface area contributed by atoms with Crippen LogP contribution in [0.2, 0.25) is 0 Å². The van der Waals surface area contributed by atoms with E-state index in [1.54, 1.807) is 44.6 Å². The van der Waals surface area contributed by atoms with E-state index < -0.39 is 0 Å². The number of ether oxygens (including phenoxy) is 3. The minimum Gasteiger partial charge on any atom is -0.497 e. The van der Waals surface area contributed by atoms with Crippen LogP contribution in [-0.2, 0) is 6.61 Å². The normalized spacial score (nSPS) is 10.6.